The third-order valence-corrected chi connectivity index (χ3v) is 3.80. The van der Waals surface area contributed by atoms with Crippen LogP contribution in [0.25, 0.3) is 0 Å². The molecule has 0 unspecified atom stereocenters. The van der Waals surface area contributed by atoms with Crippen LogP contribution in [-0.2, 0) is 14.3 Å². The third-order valence-electron chi connectivity index (χ3n) is 3.80. The number of carbonyl (C=O) groups is 2. The predicted molar refractivity (Wildman–Crippen MR) is 79.4 cm³/mol. The van der Waals surface area contributed by atoms with Crippen LogP contribution in [-0.4, -0.2) is 35.5 Å². The number of esters is 1. The van der Waals surface area contributed by atoms with Crippen LogP contribution in [0.15, 0.2) is 0 Å². The van der Waals surface area contributed by atoms with Crippen LogP contribution in [0.3, 0.4) is 0 Å². The molecule has 0 atom stereocenters. The van der Waals surface area contributed by atoms with Gasteiger partial charge in [-0.15, -0.1) is 0 Å². The molecule has 0 aromatic rings. The lowest BCUT2D eigenvalue weighted by Gasteiger charge is -2.07. The Morgan fingerprint density at radius 1 is 1.00 bits per heavy atom. The molecular weight excluding hydrogens is 254 g/mol. The van der Waals surface area contributed by atoms with Crippen molar-refractivity contribution in [3.8, 4) is 0 Å². The summed E-state index contributed by atoms with van der Waals surface area (Å²) in [4.78, 5) is 24.8. The summed E-state index contributed by atoms with van der Waals surface area (Å²) in [5.74, 6) is 0.219. The van der Waals surface area contributed by atoms with E-state index in [1.54, 1.807) is 0 Å². The fraction of sp³-hybridized carbons (Fsp3) is 0.875. The van der Waals surface area contributed by atoms with Crippen molar-refractivity contribution in [3.05, 3.63) is 0 Å². The third kappa shape index (κ3) is 6.40. The number of amides is 1. The number of carbonyl (C=O) groups excluding carboxylic acids is 2. The van der Waals surface area contributed by atoms with Gasteiger partial charge in [0, 0.05) is 19.4 Å². The van der Waals surface area contributed by atoms with Crippen LogP contribution in [0.2, 0.25) is 0 Å². The van der Waals surface area contributed by atoms with Crippen LogP contribution in [0.5, 0.6) is 0 Å². The summed E-state index contributed by atoms with van der Waals surface area (Å²) >= 11 is 0. The number of hydrogen-bond donors (Lipinski definition) is 0. The second-order valence-electron chi connectivity index (χ2n) is 6.22. The molecule has 1 rings (SSSR count). The Balaban J connectivity index is 1.86. The normalized spacial score (nSPS) is 16.1. The van der Waals surface area contributed by atoms with E-state index in [0.717, 1.165) is 45.1 Å². The molecule has 1 saturated heterocycles. The highest BCUT2D eigenvalue weighted by Crippen LogP contribution is 2.31. The Morgan fingerprint density at radius 2 is 1.50 bits per heavy atom. The van der Waals surface area contributed by atoms with Gasteiger partial charge in [-0.2, -0.15) is 0 Å². The summed E-state index contributed by atoms with van der Waals surface area (Å²) in [5, 5.41) is 0. The summed E-state index contributed by atoms with van der Waals surface area (Å²) in [5.41, 5.74) is 0.115. The van der Waals surface area contributed by atoms with E-state index < -0.39 is 0 Å². The van der Waals surface area contributed by atoms with Crippen LogP contribution in [0.1, 0.15) is 72.1 Å². The Hall–Kier alpha value is -1.06. The maximum atomic E-state index is 11.8. The Labute approximate surface area is 122 Å². The van der Waals surface area contributed by atoms with E-state index in [1.165, 1.54) is 0 Å². The van der Waals surface area contributed by atoms with E-state index in [-0.39, 0.29) is 11.5 Å². The van der Waals surface area contributed by atoms with Crippen molar-refractivity contribution in [2.24, 2.45) is 0 Å². The van der Waals surface area contributed by atoms with Crippen molar-refractivity contribution in [1.29, 1.82) is 0 Å². The summed E-state index contributed by atoms with van der Waals surface area (Å²) in [7, 11) is 0. The van der Waals surface area contributed by atoms with Gasteiger partial charge in [-0.05, 0) is 33.6 Å². The topological polar surface area (TPSA) is 46.4 Å². The van der Waals surface area contributed by atoms with Gasteiger partial charge in [0.1, 0.15) is 0 Å². The molecule has 4 nitrogen and oxygen atoms in total. The van der Waals surface area contributed by atoms with Gasteiger partial charge >= 0.3 is 5.97 Å². The van der Waals surface area contributed by atoms with Crippen molar-refractivity contribution in [2.45, 2.75) is 77.7 Å². The van der Waals surface area contributed by atoms with Crippen LogP contribution in [0, 0.1) is 0 Å². The molecule has 1 fully saturated rings. The molecule has 1 amide bonds. The predicted octanol–water partition coefficient (Wildman–Crippen LogP) is 3.29. The van der Waals surface area contributed by atoms with E-state index >= 15 is 0 Å². The largest absolute Gasteiger partial charge is 0.466 e. The lowest BCUT2D eigenvalue weighted by Crippen LogP contribution is -2.17. The zero-order valence-corrected chi connectivity index (χ0v) is 13.2. The van der Waals surface area contributed by atoms with Gasteiger partial charge in [0.2, 0.25) is 5.91 Å². The first-order valence-electron chi connectivity index (χ1n) is 7.93. The molecule has 1 heterocycles. The van der Waals surface area contributed by atoms with E-state index in [9.17, 15) is 9.59 Å². The van der Waals surface area contributed by atoms with Crippen molar-refractivity contribution < 1.29 is 14.3 Å². The molecule has 0 spiro atoms. The first-order chi connectivity index (χ1) is 9.47. The number of hydrogen-bond acceptors (Lipinski definition) is 3. The average Bonchev–Trinajstić information content (AvgIpc) is 3.02. The van der Waals surface area contributed by atoms with E-state index in [4.69, 9.17) is 4.74 Å². The first-order valence-corrected chi connectivity index (χ1v) is 7.93. The fourth-order valence-corrected chi connectivity index (χ4v) is 2.40. The SMILES string of the molecule is CCOC(=O)CCCCCCCCC(=O)N1CC1(C)C. The number of rotatable bonds is 10. The monoisotopic (exact) mass is 283 g/mol. The summed E-state index contributed by atoms with van der Waals surface area (Å²) in [6.07, 6.45) is 7.61. The Morgan fingerprint density at radius 3 is 2.00 bits per heavy atom. The minimum Gasteiger partial charge on any atom is -0.466 e. The first kappa shape index (κ1) is 17.0. The fourth-order valence-electron chi connectivity index (χ4n) is 2.40. The molecule has 0 N–H and O–H groups in total. The standard InChI is InChI=1S/C16H29NO3/c1-4-20-15(19)12-10-8-6-5-7-9-11-14(18)17-13-16(17,2)3/h4-13H2,1-3H3. The highest BCUT2D eigenvalue weighted by Gasteiger charge is 2.45. The number of nitrogens with zero attached hydrogens (tertiary/aromatic N) is 1. The zero-order valence-electron chi connectivity index (χ0n) is 13.2. The molecule has 0 aromatic carbocycles. The molecule has 4 heteroatoms. The maximum absolute atomic E-state index is 11.8. The summed E-state index contributed by atoms with van der Waals surface area (Å²) in [6.45, 7) is 7.43. The van der Waals surface area contributed by atoms with Crippen molar-refractivity contribution >= 4 is 11.9 Å². The smallest absolute Gasteiger partial charge is 0.305 e. The summed E-state index contributed by atoms with van der Waals surface area (Å²) in [6, 6.07) is 0. The molecule has 0 aromatic heterocycles. The van der Waals surface area contributed by atoms with Crippen molar-refractivity contribution in [2.75, 3.05) is 13.2 Å². The summed E-state index contributed by atoms with van der Waals surface area (Å²) < 4.78 is 4.88. The molecule has 1 aliphatic heterocycles. The van der Waals surface area contributed by atoms with Gasteiger partial charge in [0.05, 0.1) is 12.1 Å². The molecule has 0 radical (unpaired) electrons. The molecule has 1 aliphatic rings. The van der Waals surface area contributed by atoms with Gasteiger partial charge in [-0.3, -0.25) is 9.59 Å². The minimum atomic E-state index is -0.0841. The molecule has 20 heavy (non-hydrogen) atoms. The van der Waals surface area contributed by atoms with Crippen molar-refractivity contribution in [3.63, 3.8) is 0 Å². The Kier molecular flexibility index (Phi) is 7.03. The zero-order chi connectivity index (χ0) is 15.0. The molecule has 0 saturated carbocycles. The number of unbranched alkanes of at least 4 members (excludes halogenated alkanes) is 5. The highest BCUT2D eigenvalue weighted by molar-refractivity contribution is 5.79. The van der Waals surface area contributed by atoms with Crippen LogP contribution < -0.4 is 0 Å². The van der Waals surface area contributed by atoms with E-state index in [1.807, 2.05) is 11.8 Å². The van der Waals surface area contributed by atoms with Crippen LogP contribution >= 0.6 is 0 Å². The van der Waals surface area contributed by atoms with Gasteiger partial charge < -0.3 is 9.64 Å². The van der Waals surface area contributed by atoms with E-state index in [0.29, 0.717) is 25.4 Å². The van der Waals surface area contributed by atoms with Crippen LogP contribution in [0.4, 0.5) is 0 Å². The number of ether oxygens (including phenoxy) is 1. The highest BCUT2D eigenvalue weighted by atomic mass is 16.5. The van der Waals surface area contributed by atoms with E-state index in [2.05, 4.69) is 13.8 Å². The second-order valence-corrected chi connectivity index (χ2v) is 6.22. The lowest BCUT2D eigenvalue weighted by molar-refractivity contribution is -0.143. The molecule has 0 aliphatic carbocycles. The molecule has 116 valence electrons. The Bertz CT molecular complexity index is 326. The van der Waals surface area contributed by atoms with Gasteiger partial charge in [0.15, 0.2) is 0 Å². The maximum Gasteiger partial charge on any atom is 0.305 e. The molecular formula is C16H29NO3. The quantitative estimate of drug-likeness (QED) is 0.351. The average molecular weight is 283 g/mol. The van der Waals surface area contributed by atoms with Gasteiger partial charge in [-0.25, -0.2) is 0 Å². The second kappa shape index (κ2) is 8.28. The van der Waals surface area contributed by atoms with Crippen molar-refractivity contribution in [1.82, 2.24) is 4.90 Å². The molecule has 0 bridgehead atoms. The minimum absolute atomic E-state index is 0.0841. The van der Waals surface area contributed by atoms with Gasteiger partial charge in [-0.1, -0.05) is 25.7 Å². The lowest BCUT2D eigenvalue weighted by atomic mass is 10.1. The van der Waals surface area contributed by atoms with Gasteiger partial charge in [0.25, 0.3) is 0 Å².